The van der Waals surface area contributed by atoms with E-state index in [9.17, 15) is 4.79 Å². The number of amides is 1. The summed E-state index contributed by atoms with van der Waals surface area (Å²) in [6, 6.07) is 0. The smallest absolute Gasteiger partial charge is 0.228 e. The molecule has 1 aromatic heterocycles. The highest BCUT2D eigenvalue weighted by Crippen LogP contribution is 2.17. The first-order valence-electron chi connectivity index (χ1n) is 5.15. The van der Waals surface area contributed by atoms with E-state index in [0.29, 0.717) is 11.6 Å². The lowest BCUT2D eigenvalue weighted by Crippen LogP contribution is -2.25. The maximum Gasteiger partial charge on any atom is 0.228 e. The van der Waals surface area contributed by atoms with Gasteiger partial charge in [0, 0.05) is 18.2 Å². The molecule has 1 aliphatic heterocycles. The van der Waals surface area contributed by atoms with Crippen molar-refractivity contribution < 1.29 is 9.53 Å². The van der Waals surface area contributed by atoms with Gasteiger partial charge in [0.25, 0.3) is 0 Å². The fraction of sp³-hybridized carbons (Fsp3) is 0.600. The van der Waals surface area contributed by atoms with E-state index < -0.39 is 0 Å². The average molecular weight is 226 g/mol. The number of nitrogens with zero attached hydrogens (tertiary/aromatic N) is 1. The predicted octanol–water partition coefficient (Wildman–Crippen LogP) is 2.04. The van der Waals surface area contributed by atoms with E-state index in [1.165, 1.54) is 11.3 Å². The Morgan fingerprint density at radius 1 is 1.67 bits per heavy atom. The molecule has 4 nitrogen and oxygen atoms in total. The largest absolute Gasteiger partial charge is 0.378 e. The van der Waals surface area contributed by atoms with E-state index in [2.05, 4.69) is 10.3 Å². The van der Waals surface area contributed by atoms with Crippen molar-refractivity contribution in [3.63, 3.8) is 0 Å². The molecule has 1 saturated heterocycles. The number of hydrogen-bond donors (Lipinski definition) is 1. The molecule has 82 valence electrons. The summed E-state index contributed by atoms with van der Waals surface area (Å²) in [5, 5.41) is 5.26. The van der Waals surface area contributed by atoms with Crippen molar-refractivity contribution in [2.24, 2.45) is 0 Å². The van der Waals surface area contributed by atoms with Crippen molar-refractivity contribution in [1.29, 1.82) is 0 Å². The van der Waals surface area contributed by atoms with Crippen LogP contribution < -0.4 is 5.32 Å². The summed E-state index contributed by atoms with van der Waals surface area (Å²) in [5.74, 6) is -0.00292. The van der Waals surface area contributed by atoms with Crippen LogP contribution in [0, 0.1) is 0 Å². The SMILES string of the molecule is O=C(CC1CCCCO1)Nc1nccs1. The van der Waals surface area contributed by atoms with Crippen LogP contribution in [0.1, 0.15) is 25.7 Å². The Labute approximate surface area is 92.7 Å². The Kier molecular flexibility index (Phi) is 3.69. The molecule has 0 bridgehead atoms. The maximum absolute atomic E-state index is 11.6. The van der Waals surface area contributed by atoms with Crippen LogP contribution in [0.2, 0.25) is 0 Å². The van der Waals surface area contributed by atoms with E-state index in [0.717, 1.165) is 25.9 Å². The van der Waals surface area contributed by atoms with Crippen LogP contribution in [-0.4, -0.2) is 23.6 Å². The monoisotopic (exact) mass is 226 g/mol. The third kappa shape index (κ3) is 3.28. The quantitative estimate of drug-likeness (QED) is 0.858. The Morgan fingerprint density at radius 2 is 2.60 bits per heavy atom. The number of ether oxygens (including phenoxy) is 1. The van der Waals surface area contributed by atoms with Gasteiger partial charge in [0.15, 0.2) is 5.13 Å². The van der Waals surface area contributed by atoms with Crippen LogP contribution in [0.15, 0.2) is 11.6 Å². The zero-order valence-electron chi connectivity index (χ0n) is 8.44. The lowest BCUT2D eigenvalue weighted by atomic mass is 10.1. The number of carbonyl (C=O) groups excluding carboxylic acids is 1. The molecular weight excluding hydrogens is 212 g/mol. The second kappa shape index (κ2) is 5.23. The minimum atomic E-state index is -0.00292. The van der Waals surface area contributed by atoms with Gasteiger partial charge in [-0.1, -0.05) is 0 Å². The number of thiazole rings is 1. The summed E-state index contributed by atoms with van der Waals surface area (Å²) in [6.45, 7) is 0.787. The topological polar surface area (TPSA) is 51.2 Å². The fourth-order valence-electron chi connectivity index (χ4n) is 1.63. The number of rotatable bonds is 3. The Hall–Kier alpha value is -0.940. The van der Waals surface area contributed by atoms with Crippen molar-refractivity contribution in [2.45, 2.75) is 31.8 Å². The zero-order chi connectivity index (χ0) is 10.5. The summed E-state index contributed by atoms with van der Waals surface area (Å²) in [6.07, 6.45) is 5.49. The lowest BCUT2D eigenvalue weighted by molar-refractivity contribution is -0.119. The molecule has 2 heterocycles. The van der Waals surface area contributed by atoms with E-state index in [-0.39, 0.29) is 12.0 Å². The van der Waals surface area contributed by atoms with Crippen LogP contribution in [-0.2, 0) is 9.53 Å². The second-order valence-electron chi connectivity index (χ2n) is 3.58. The fourth-order valence-corrected chi connectivity index (χ4v) is 2.18. The van der Waals surface area contributed by atoms with Gasteiger partial charge < -0.3 is 10.1 Å². The number of aromatic nitrogens is 1. The van der Waals surface area contributed by atoms with E-state index in [1.807, 2.05) is 5.38 Å². The molecule has 0 spiro atoms. The third-order valence-electron chi connectivity index (χ3n) is 2.37. The molecule has 2 rings (SSSR count). The van der Waals surface area contributed by atoms with Crippen molar-refractivity contribution in [3.05, 3.63) is 11.6 Å². The van der Waals surface area contributed by atoms with Crippen molar-refractivity contribution >= 4 is 22.4 Å². The molecule has 0 saturated carbocycles. The Morgan fingerprint density at radius 3 is 3.27 bits per heavy atom. The molecule has 1 N–H and O–H groups in total. The number of nitrogens with one attached hydrogen (secondary N) is 1. The van der Waals surface area contributed by atoms with Crippen molar-refractivity contribution in [3.8, 4) is 0 Å². The first kappa shape index (κ1) is 10.6. The van der Waals surface area contributed by atoms with Crippen LogP contribution >= 0.6 is 11.3 Å². The summed E-state index contributed by atoms with van der Waals surface area (Å²) in [5.41, 5.74) is 0. The van der Waals surface area contributed by atoms with E-state index in [1.54, 1.807) is 6.20 Å². The standard InChI is InChI=1S/C10H14N2O2S/c13-9(12-10-11-4-6-15-10)7-8-3-1-2-5-14-8/h4,6,8H,1-3,5,7H2,(H,11,12,13). The Bertz CT molecular complexity index is 307. The van der Waals surface area contributed by atoms with Gasteiger partial charge >= 0.3 is 0 Å². The van der Waals surface area contributed by atoms with E-state index in [4.69, 9.17) is 4.74 Å². The molecule has 0 aliphatic carbocycles. The van der Waals surface area contributed by atoms with Gasteiger partial charge in [-0.2, -0.15) is 0 Å². The summed E-state index contributed by atoms with van der Waals surface area (Å²) in [4.78, 5) is 15.5. The van der Waals surface area contributed by atoms with Gasteiger partial charge in [0.1, 0.15) is 0 Å². The van der Waals surface area contributed by atoms with Crippen LogP contribution in [0.3, 0.4) is 0 Å². The molecule has 0 radical (unpaired) electrons. The first-order chi connectivity index (χ1) is 7.34. The zero-order valence-corrected chi connectivity index (χ0v) is 9.26. The van der Waals surface area contributed by atoms with Gasteiger partial charge in [0.05, 0.1) is 12.5 Å². The van der Waals surface area contributed by atoms with Gasteiger partial charge in [-0.05, 0) is 19.3 Å². The van der Waals surface area contributed by atoms with Crippen LogP contribution in [0.4, 0.5) is 5.13 Å². The second-order valence-corrected chi connectivity index (χ2v) is 4.47. The summed E-state index contributed by atoms with van der Waals surface area (Å²) in [7, 11) is 0. The molecule has 5 heteroatoms. The molecule has 1 fully saturated rings. The summed E-state index contributed by atoms with van der Waals surface area (Å²) >= 11 is 1.43. The van der Waals surface area contributed by atoms with Gasteiger partial charge in [-0.15, -0.1) is 11.3 Å². The molecule has 15 heavy (non-hydrogen) atoms. The molecule has 0 aromatic carbocycles. The van der Waals surface area contributed by atoms with Crippen molar-refractivity contribution in [1.82, 2.24) is 4.98 Å². The highest BCUT2D eigenvalue weighted by molar-refractivity contribution is 7.13. The Balaban J connectivity index is 1.76. The number of carbonyl (C=O) groups is 1. The predicted molar refractivity (Wildman–Crippen MR) is 59.0 cm³/mol. The number of anilines is 1. The number of hydrogen-bond acceptors (Lipinski definition) is 4. The minimum absolute atomic E-state index is 0.00292. The summed E-state index contributed by atoms with van der Waals surface area (Å²) < 4.78 is 5.49. The van der Waals surface area contributed by atoms with Crippen LogP contribution in [0.25, 0.3) is 0 Å². The van der Waals surface area contributed by atoms with Gasteiger partial charge in [0.2, 0.25) is 5.91 Å². The van der Waals surface area contributed by atoms with Gasteiger partial charge in [-0.3, -0.25) is 4.79 Å². The normalized spacial score (nSPS) is 21.2. The van der Waals surface area contributed by atoms with Crippen molar-refractivity contribution in [2.75, 3.05) is 11.9 Å². The van der Waals surface area contributed by atoms with Crippen LogP contribution in [0.5, 0.6) is 0 Å². The molecule has 1 unspecified atom stereocenters. The molecule has 1 aromatic rings. The van der Waals surface area contributed by atoms with Gasteiger partial charge in [-0.25, -0.2) is 4.98 Å². The molecule has 1 amide bonds. The molecule has 1 atom stereocenters. The lowest BCUT2D eigenvalue weighted by Gasteiger charge is -2.21. The first-order valence-corrected chi connectivity index (χ1v) is 6.03. The van der Waals surface area contributed by atoms with E-state index >= 15 is 0 Å². The highest BCUT2D eigenvalue weighted by Gasteiger charge is 2.17. The maximum atomic E-state index is 11.6. The third-order valence-corrected chi connectivity index (χ3v) is 3.05. The highest BCUT2D eigenvalue weighted by atomic mass is 32.1. The molecule has 1 aliphatic rings. The average Bonchev–Trinajstić information content (AvgIpc) is 2.71. The molecular formula is C10H14N2O2S. The minimum Gasteiger partial charge on any atom is -0.378 e.